The van der Waals surface area contributed by atoms with Gasteiger partial charge in [-0.05, 0) is 0 Å². The number of rotatable bonds is 0. The lowest BCUT2D eigenvalue weighted by Crippen LogP contribution is -1.76. The van der Waals surface area contributed by atoms with Gasteiger partial charge < -0.3 is 0 Å². The summed E-state index contributed by atoms with van der Waals surface area (Å²) in [6, 6.07) is 12.0. The maximum absolute atomic E-state index is 9.67. The van der Waals surface area contributed by atoms with E-state index < -0.39 is 7.54 Å². The molecule has 0 atom stereocenters. The second-order valence-electron chi connectivity index (χ2n) is 1.40. The van der Waals surface area contributed by atoms with Gasteiger partial charge in [0.2, 0.25) is 0 Å². The molecule has 1 rings (SSSR count). The van der Waals surface area contributed by atoms with Gasteiger partial charge in [0, 0.05) is 0 Å². The molecule has 54 valence electrons. The highest BCUT2D eigenvalue weighted by Crippen LogP contribution is 1.80. The van der Waals surface area contributed by atoms with E-state index in [1.165, 1.54) is 0 Å². The summed E-state index contributed by atoms with van der Waals surface area (Å²) < 4.78 is 29.0. The van der Waals surface area contributed by atoms with Gasteiger partial charge in [-0.15, -0.1) is 0 Å². The molecule has 0 bridgehead atoms. The van der Waals surface area contributed by atoms with Crippen LogP contribution in [0, 0.1) is 0 Å². The molecule has 1 aromatic carbocycles. The van der Waals surface area contributed by atoms with Gasteiger partial charge in [0.1, 0.15) is 0 Å². The Balaban J connectivity index is 0.000000180. The van der Waals surface area contributed by atoms with Crippen molar-refractivity contribution in [3.63, 3.8) is 0 Å². The van der Waals surface area contributed by atoms with Crippen molar-refractivity contribution in [1.29, 1.82) is 0 Å². The summed E-state index contributed by atoms with van der Waals surface area (Å²) in [5.74, 6) is 0. The van der Waals surface area contributed by atoms with E-state index in [9.17, 15) is 12.9 Å². The Bertz CT molecular complexity index is 113. The Morgan fingerprint density at radius 3 is 0.800 bits per heavy atom. The van der Waals surface area contributed by atoms with E-state index >= 15 is 0 Å². The van der Waals surface area contributed by atoms with Crippen LogP contribution in [0.1, 0.15) is 0 Å². The normalized spacial score (nSPS) is 7.50. The molecule has 4 heteroatoms. The zero-order chi connectivity index (χ0) is 7.82. The molecular formula is C6H6BF3. The molecular weight excluding hydrogens is 140 g/mol. The van der Waals surface area contributed by atoms with Gasteiger partial charge in [-0.3, -0.25) is 12.9 Å². The second kappa shape index (κ2) is 6.20. The van der Waals surface area contributed by atoms with E-state index in [-0.39, 0.29) is 0 Å². The van der Waals surface area contributed by atoms with Crippen molar-refractivity contribution in [3.05, 3.63) is 36.4 Å². The summed E-state index contributed by atoms with van der Waals surface area (Å²) in [4.78, 5) is 0. The number of hydrogen-bond donors (Lipinski definition) is 0. The number of hydrogen-bond acceptors (Lipinski definition) is 0. The fraction of sp³-hybridized carbons (Fsp3) is 0. The molecule has 0 saturated carbocycles. The van der Waals surface area contributed by atoms with Crippen LogP contribution >= 0.6 is 0 Å². The lowest BCUT2D eigenvalue weighted by Gasteiger charge is -1.69. The summed E-state index contributed by atoms with van der Waals surface area (Å²) in [7, 11) is -3.67. The summed E-state index contributed by atoms with van der Waals surface area (Å²) in [5.41, 5.74) is 0. The van der Waals surface area contributed by atoms with Gasteiger partial charge in [-0.2, -0.15) is 0 Å². The van der Waals surface area contributed by atoms with Crippen molar-refractivity contribution in [2.45, 2.75) is 0 Å². The Morgan fingerprint density at radius 2 is 0.700 bits per heavy atom. The zero-order valence-electron chi connectivity index (χ0n) is 5.18. The smallest absolute Gasteiger partial charge is 0.254 e. The summed E-state index contributed by atoms with van der Waals surface area (Å²) in [6.45, 7) is 0. The minimum atomic E-state index is -3.67. The molecule has 0 aliphatic carbocycles. The van der Waals surface area contributed by atoms with Crippen molar-refractivity contribution in [2.75, 3.05) is 0 Å². The van der Waals surface area contributed by atoms with Crippen LogP contribution in [0.25, 0.3) is 0 Å². The van der Waals surface area contributed by atoms with Crippen LogP contribution in [-0.4, -0.2) is 7.54 Å². The molecule has 0 aliphatic heterocycles. The first-order valence-electron chi connectivity index (χ1n) is 2.65. The van der Waals surface area contributed by atoms with E-state index in [0.717, 1.165) is 0 Å². The first-order chi connectivity index (χ1) is 4.73. The third-order valence-corrected chi connectivity index (χ3v) is 0.667. The van der Waals surface area contributed by atoms with Crippen LogP contribution in [-0.2, 0) is 0 Å². The summed E-state index contributed by atoms with van der Waals surface area (Å²) >= 11 is 0. The van der Waals surface area contributed by atoms with Crippen LogP contribution < -0.4 is 0 Å². The molecule has 0 spiro atoms. The molecule has 0 radical (unpaired) electrons. The van der Waals surface area contributed by atoms with E-state index in [1.54, 1.807) is 0 Å². The Kier molecular flexibility index (Phi) is 5.63. The molecule has 0 nitrogen and oxygen atoms in total. The standard InChI is InChI=1S/C6H6.BF3/c1-2-4-6-5-3-1;2-1(3)4/h1-6H;. The second-order valence-corrected chi connectivity index (χ2v) is 1.40. The summed E-state index contributed by atoms with van der Waals surface area (Å²) in [6.07, 6.45) is 0. The Hall–Kier alpha value is -0.925. The van der Waals surface area contributed by atoms with Gasteiger partial charge >= 0.3 is 7.54 Å². The van der Waals surface area contributed by atoms with E-state index in [2.05, 4.69) is 0 Å². The maximum atomic E-state index is 9.67. The minimum absolute atomic E-state index is 2.00. The molecule has 0 unspecified atom stereocenters. The third kappa shape index (κ3) is 10.1. The fourth-order valence-corrected chi connectivity index (χ4v) is 0.385. The van der Waals surface area contributed by atoms with Gasteiger partial charge in [0.15, 0.2) is 0 Å². The van der Waals surface area contributed by atoms with Crippen molar-refractivity contribution in [2.24, 2.45) is 0 Å². The van der Waals surface area contributed by atoms with Gasteiger partial charge in [0.05, 0.1) is 0 Å². The average molecular weight is 146 g/mol. The molecule has 0 aromatic heterocycles. The highest BCUT2D eigenvalue weighted by Gasteiger charge is 2.06. The van der Waals surface area contributed by atoms with Crippen LogP contribution in [0.3, 0.4) is 0 Å². The minimum Gasteiger partial charge on any atom is -0.254 e. The van der Waals surface area contributed by atoms with Crippen LogP contribution in [0.5, 0.6) is 0 Å². The molecule has 10 heavy (non-hydrogen) atoms. The van der Waals surface area contributed by atoms with Crippen molar-refractivity contribution in [1.82, 2.24) is 0 Å². The molecule has 0 aliphatic rings. The summed E-state index contributed by atoms with van der Waals surface area (Å²) in [5, 5.41) is 0. The first-order valence-corrected chi connectivity index (χ1v) is 2.65. The van der Waals surface area contributed by atoms with Crippen molar-refractivity contribution >= 4 is 7.54 Å². The lowest BCUT2D eigenvalue weighted by atomic mass is 10.4. The third-order valence-electron chi connectivity index (χ3n) is 0.667. The first kappa shape index (κ1) is 9.07. The number of halogens is 3. The van der Waals surface area contributed by atoms with E-state index in [1.807, 2.05) is 36.4 Å². The highest BCUT2D eigenvalue weighted by atomic mass is 19.4. The predicted octanol–water partition coefficient (Wildman–Crippen LogP) is 2.57. The average Bonchev–Trinajstić information content (AvgIpc) is 1.90. The molecule has 0 amide bonds. The monoisotopic (exact) mass is 146 g/mol. The Morgan fingerprint density at radius 1 is 0.600 bits per heavy atom. The molecule has 0 fully saturated rings. The highest BCUT2D eigenvalue weighted by molar-refractivity contribution is 6.33. The van der Waals surface area contributed by atoms with Crippen LogP contribution in [0.15, 0.2) is 36.4 Å². The molecule has 0 N–H and O–H groups in total. The van der Waals surface area contributed by atoms with Gasteiger partial charge in [0.25, 0.3) is 0 Å². The molecule has 0 saturated heterocycles. The topological polar surface area (TPSA) is 0 Å². The largest absolute Gasteiger partial charge is 0.762 e. The molecule has 1 aromatic rings. The fourth-order valence-electron chi connectivity index (χ4n) is 0.385. The predicted molar refractivity (Wildman–Crippen MR) is 35.5 cm³/mol. The maximum Gasteiger partial charge on any atom is 0.762 e. The Labute approximate surface area is 57.9 Å². The van der Waals surface area contributed by atoms with Crippen molar-refractivity contribution in [3.8, 4) is 0 Å². The van der Waals surface area contributed by atoms with Gasteiger partial charge in [-0.25, -0.2) is 0 Å². The van der Waals surface area contributed by atoms with Crippen LogP contribution in [0.4, 0.5) is 12.9 Å². The quantitative estimate of drug-likeness (QED) is 0.493. The van der Waals surface area contributed by atoms with E-state index in [4.69, 9.17) is 0 Å². The lowest BCUT2D eigenvalue weighted by molar-refractivity contribution is 0.535. The van der Waals surface area contributed by atoms with Crippen molar-refractivity contribution < 1.29 is 12.9 Å². The van der Waals surface area contributed by atoms with Crippen LogP contribution in [0.2, 0.25) is 0 Å². The SMILES string of the molecule is FB(F)F.c1ccccc1. The van der Waals surface area contributed by atoms with E-state index in [0.29, 0.717) is 0 Å². The molecule has 0 heterocycles. The number of benzene rings is 1. The van der Waals surface area contributed by atoms with Gasteiger partial charge in [-0.1, -0.05) is 36.4 Å². The zero-order valence-corrected chi connectivity index (χ0v) is 5.18.